The largest absolute Gasteiger partial charge is 0.365 e. The summed E-state index contributed by atoms with van der Waals surface area (Å²) in [6, 6.07) is 16.8. The summed E-state index contributed by atoms with van der Waals surface area (Å²) in [5, 5.41) is 4.55. The molecule has 0 saturated carbocycles. The van der Waals surface area contributed by atoms with Crippen molar-refractivity contribution in [2.45, 2.75) is 12.5 Å². The third-order valence-electron chi connectivity index (χ3n) is 5.00. The molecule has 1 aliphatic heterocycles. The number of rotatable bonds is 2. The monoisotopic (exact) mass is 331 g/mol. The number of benzene rings is 2. The summed E-state index contributed by atoms with van der Waals surface area (Å²) in [6.45, 7) is 3.94. The third kappa shape index (κ3) is 2.60. The van der Waals surface area contributed by atoms with Crippen molar-refractivity contribution < 1.29 is 4.79 Å². The fourth-order valence-electron chi connectivity index (χ4n) is 3.49. The Morgan fingerprint density at radius 1 is 1.12 bits per heavy atom. The van der Waals surface area contributed by atoms with Gasteiger partial charge in [0.05, 0.1) is 12.5 Å². The van der Waals surface area contributed by atoms with Gasteiger partial charge in [0, 0.05) is 36.8 Å². The van der Waals surface area contributed by atoms with Crippen molar-refractivity contribution >= 4 is 16.8 Å². The van der Waals surface area contributed by atoms with E-state index < -0.39 is 0 Å². The molecular weight excluding hydrogens is 310 g/mol. The van der Waals surface area contributed by atoms with E-state index in [0.717, 1.165) is 5.56 Å². The SMILES string of the molecule is C=C1NC(c2ccc3c(c2)c(-c2ccccc2)cn3C)CC(=O)N1C. The molecule has 4 rings (SSSR count). The molecule has 0 bridgehead atoms. The number of carbonyl (C=O) groups is 1. The number of hydrogen-bond acceptors (Lipinski definition) is 2. The Morgan fingerprint density at radius 3 is 2.60 bits per heavy atom. The van der Waals surface area contributed by atoms with Crippen LogP contribution < -0.4 is 5.32 Å². The highest BCUT2D eigenvalue weighted by atomic mass is 16.2. The van der Waals surface area contributed by atoms with Gasteiger partial charge in [0.15, 0.2) is 0 Å². The van der Waals surface area contributed by atoms with Crippen LogP contribution in [0.1, 0.15) is 18.0 Å². The molecule has 0 radical (unpaired) electrons. The van der Waals surface area contributed by atoms with Crippen molar-refractivity contribution in [3.63, 3.8) is 0 Å². The average molecular weight is 331 g/mol. The zero-order chi connectivity index (χ0) is 17.6. The van der Waals surface area contributed by atoms with Crippen molar-refractivity contribution in [1.29, 1.82) is 0 Å². The van der Waals surface area contributed by atoms with E-state index in [9.17, 15) is 4.79 Å². The van der Waals surface area contributed by atoms with Gasteiger partial charge < -0.3 is 14.8 Å². The molecule has 3 aromatic rings. The summed E-state index contributed by atoms with van der Waals surface area (Å²) in [6.07, 6.45) is 2.60. The normalized spacial score (nSPS) is 17.8. The highest BCUT2D eigenvalue weighted by Gasteiger charge is 2.27. The average Bonchev–Trinajstić information content (AvgIpc) is 2.96. The molecule has 4 heteroatoms. The van der Waals surface area contributed by atoms with Crippen LogP contribution in [-0.2, 0) is 11.8 Å². The molecule has 4 nitrogen and oxygen atoms in total. The van der Waals surface area contributed by atoms with Crippen molar-refractivity contribution in [1.82, 2.24) is 14.8 Å². The molecular formula is C21H21N3O. The summed E-state index contributed by atoms with van der Waals surface area (Å²) in [5.74, 6) is 0.739. The molecule has 1 aliphatic rings. The number of aryl methyl sites for hydroxylation is 1. The minimum absolute atomic E-state index is 0.0376. The van der Waals surface area contributed by atoms with E-state index in [1.165, 1.54) is 22.0 Å². The van der Waals surface area contributed by atoms with E-state index >= 15 is 0 Å². The molecule has 1 saturated heterocycles. The topological polar surface area (TPSA) is 37.3 Å². The summed E-state index contributed by atoms with van der Waals surface area (Å²) < 4.78 is 2.15. The number of aromatic nitrogens is 1. The fourth-order valence-corrected chi connectivity index (χ4v) is 3.49. The van der Waals surface area contributed by atoms with Crippen molar-refractivity contribution in [2.24, 2.45) is 7.05 Å². The van der Waals surface area contributed by atoms with E-state index in [4.69, 9.17) is 0 Å². The Labute approximate surface area is 147 Å². The standard InChI is InChI=1S/C21H21N3O/c1-14-22-19(12-21(25)24(14)3)16-9-10-20-17(11-16)18(13-23(20)2)15-7-5-4-6-8-15/h4-11,13,19,22H,1,12H2,2-3H3. The molecule has 1 N–H and O–H groups in total. The lowest BCUT2D eigenvalue weighted by molar-refractivity contribution is -0.130. The van der Waals surface area contributed by atoms with Crippen LogP contribution in [0.2, 0.25) is 0 Å². The number of hydrogen-bond donors (Lipinski definition) is 1. The van der Waals surface area contributed by atoms with E-state index in [0.29, 0.717) is 12.2 Å². The predicted molar refractivity (Wildman–Crippen MR) is 101 cm³/mol. The quantitative estimate of drug-likeness (QED) is 0.775. The zero-order valence-corrected chi connectivity index (χ0v) is 14.5. The Morgan fingerprint density at radius 2 is 1.88 bits per heavy atom. The van der Waals surface area contributed by atoms with Gasteiger partial charge in [-0.15, -0.1) is 0 Å². The van der Waals surface area contributed by atoms with Crippen LogP contribution in [0.25, 0.3) is 22.0 Å². The Hall–Kier alpha value is -3.01. The van der Waals surface area contributed by atoms with Gasteiger partial charge in [-0.1, -0.05) is 43.0 Å². The third-order valence-corrected chi connectivity index (χ3v) is 5.00. The highest BCUT2D eigenvalue weighted by Crippen LogP contribution is 2.33. The molecule has 0 aliphatic carbocycles. The van der Waals surface area contributed by atoms with Crippen LogP contribution in [0, 0.1) is 0 Å². The summed E-state index contributed by atoms with van der Waals surface area (Å²) in [7, 11) is 3.81. The van der Waals surface area contributed by atoms with Gasteiger partial charge in [-0.05, 0) is 23.3 Å². The van der Waals surface area contributed by atoms with Crippen LogP contribution in [-0.4, -0.2) is 22.4 Å². The molecule has 1 fully saturated rings. The lowest BCUT2D eigenvalue weighted by Gasteiger charge is -2.32. The van der Waals surface area contributed by atoms with Gasteiger partial charge in [0.1, 0.15) is 5.82 Å². The molecule has 1 aromatic heterocycles. The lowest BCUT2D eigenvalue weighted by atomic mass is 9.97. The van der Waals surface area contributed by atoms with E-state index in [-0.39, 0.29) is 11.9 Å². The summed E-state index contributed by atoms with van der Waals surface area (Å²) in [5.41, 5.74) is 4.69. The Balaban J connectivity index is 1.80. The number of nitrogens with zero attached hydrogens (tertiary/aromatic N) is 2. The molecule has 1 amide bonds. The van der Waals surface area contributed by atoms with Crippen LogP contribution in [0.15, 0.2) is 67.1 Å². The minimum Gasteiger partial charge on any atom is -0.365 e. The molecule has 126 valence electrons. The van der Waals surface area contributed by atoms with Gasteiger partial charge >= 0.3 is 0 Å². The number of amides is 1. The maximum atomic E-state index is 12.2. The van der Waals surface area contributed by atoms with Gasteiger partial charge in [0.25, 0.3) is 0 Å². The second kappa shape index (κ2) is 5.81. The Bertz CT molecular complexity index is 953. The van der Waals surface area contributed by atoms with Crippen LogP contribution in [0.5, 0.6) is 0 Å². The first-order valence-corrected chi connectivity index (χ1v) is 8.41. The van der Waals surface area contributed by atoms with Crippen molar-refractivity contribution in [3.8, 4) is 11.1 Å². The van der Waals surface area contributed by atoms with Crippen LogP contribution in [0.4, 0.5) is 0 Å². The smallest absolute Gasteiger partial charge is 0.230 e. The molecule has 2 aromatic carbocycles. The molecule has 25 heavy (non-hydrogen) atoms. The highest BCUT2D eigenvalue weighted by molar-refractivity contribution is 5.96. The van der Waals surface area contributed by atoms with Gasteiger partial charge in [-0.3, -0.25) is 4.79 Å². The van der Waals surface area contributed by atoms with Crippen molar-refractivity contribution in [3.05, 3.63) is 72.7 Å². The van der Waals surface area contributed by atoms with Crippen LogP contribution >= 0.6 is 0 Å². The number of carbonyl (C=O) groups excluding carboxylic acids is 1. The maximum Gasteiger partial charge on any atom is 0.230 e. The van der Waals surface area contributed by atoms with Crippen molar-refractivity contribution in [2.75, 3.05) is 7.05 Å². The first-order valence-electron chi connectivity index (χ1n) is 8.41. The summed E-state index contributed by atoms with van der Waals surface area (Å²) in [4.78, 5) is 13.7. The minimum atomic E-state index is -0.0376. The molecule has 2 heterocycles. The Kier molecular flexibility index (Phi) is 3.61. The number of fused-ring (bicyclic) bond motifs is 1. The maximum absolute atomic E-state index is 12.2. The lowest BCUT2D eigenvalue weighted by Crippen LogP contribution is -2.42. The van der Waals surface area contributed by atoms with E-state index in [1.807, 2.05) is 6.07 Å². The first kappa shape index (κ1) is 15.5. The second-order valence-corrected chi connectivity index (χ2v) is 6.60. The molecule has 1 unspecified atom stereocenters. The zero-order valence-electron chi connectivity index (χ0n) is 14.5. The number of nitrogens with one attached hydrogen (secondary N) is 1. The predicted octanol–water partition coefficient (Wildman–Crippen LogP) is 3.81. The van der Waals surface area contributed by atoms with Gasteiger partial charge in [-0.25, -0.2) is 0 Å². The first-order chi connectivity index (χ1) is 12.0. The molecule has 0 spiro atoms. The summed E-state index contributed by atoms with van der Waals surface area (Å²) >= 11 is 0. The van der Waals surface area contributed by atoms with Gasteiger partial charge in [-0.2, -0.15) is 0 Å². The van der Waals surface area contributed by atoms with E-state index in [1.54, 1.807) is 11.9 Å². The van der Waals surface area contributed by atoms with E-state index in [2.05, 4.69) is 72.2 Å². The van der Waals surface area contributed by atoms with Crippen LogP contribution in [0.3, 0.4) is 0 Å². The molecule has 1 atom stereocenters. The van der Waals surface area contributed by atoms with Gasteiger partial charge in [0.2, 0.25) is 5.91 Å². The second-order valence-electron chi connectivity index (χ2n) is 6.60. The fraction of sp³-hybridized carbons (Fsp3) is 0.190.